The van der Waals surface area contributed by atoms with Crippen LogP contribution in [0.15, 0.2) is 122 Å². The lowest BCUT2D eigenvalue weighted by Gasteiger charge is -2.23. The Morgan fingerprint density at radius 3 is 1.15 bits per heavy atom. The van der Waals surface area contributed by atoms with Gasteiger partial charge >= 0.3 is 23.9 Å². The molecule has 10 heteroatoms. The van der Waals surface area contributed by atoms with Crippen LogP contribution in [-0.4, -0.2) is 53.2 Å². The fraction of sp³-hybridized carbons (Fsp3) is 0.238. The van der Waals surface area contributed by atoms with Gasteiger partial charge in [-0.25, -0.2) is 19.2 Å². The first-order valence-electron chi connectivity index (χ1n) is 17.3. The summed E-state index contributed by atoms with van der Waals surface area (Å²) in [6, 6.07) is 31.4. The summed E-state index contributed by atoms with van der Waals surface area (Å²) < 4.78 is 21.5. The van der Waals surface area contributed by atoms with E-state index in [2.05, 4.69) is 39.3 Å². The number of rotatable bonds is 17. The summed E-state index contributed by atoms with van der Waals surface area (Å²) in [4.78, 5) is 48.3. The Morgan fingerprint density at radius 1 is 0.519 bits per heavy atom. The normalized spacial score (nSPS) is 11.2. The highest BCUT2D eigenvalue weighted by Crippen LogP contribution is 2.23. The number of carbonyl (C=O) groups excluding carboxylic acids is 4. The zero-order valence-corrected chi connectivity index (χ0v) is 32.3. The van der Waals surface area contributed by atoms with Crippen LogP contribution in [0.25, 0.3) is 11.1 Å². The average Bonchev–Trinajstić information content (AvgIpc) is 3.15. The molecule has 0 saturated carbocycles. The van der Waals surface area contributed by atoms with Crippen molar-refractivity contribution in [1.82, 2.24) is 0 Å². The van der Waals surface area contributed by atoms with Gasteiger partial charge in [-0.1, -0.05) is 110 Å². The number of esters is 4. The molecule has 0 spiro atoms. The molecule has 0 N–H and O–H groups in total. The smallest absolute Gasteiger partial charge is 0.343 e. The zero-order valence-electron chi connectivity index (χ0n) is 30.3. The van der Waals surface area contributed by atoms with E-state index in [1.54, 1.807) is 24.3 Å². The van der Waals surface area contributed by atoms with Crippen molar-refractivity contribution >= 4 is 50.4 Å². The van der Waals surface area contributed by atoms with E-state index < -0.39 is 40.0 Å². The molecule has 0 aliphatic carbocycles. The summed E-state index contributed by atoms with van der Waals surface area (Å²) in [6.45, 7) is 16.6. The van der Waals surface area contributed by atoms with Gasteiger partial charge in [0.2, 0.25) is 0 Å². The third-order valence-corrected chi connectivity index (χ3v) is 16.0. The molecule has 52 heavy (non-hydrogen) atoms. The van der Waals surface area contributed by atoms with Gasteiger partial charge in [0.15, 0.2) is 0 Å². The van der Waals surface area contributed by atoms with Crippen molar-refractivity contribution in [2.24, 2.45) is 0 Å². The number of ether oxygens (including phenoxy) is 4. The topological polar surface area (TPSA) is 105 Å². The summed E-state index contributed by atoms with van der Waals surface area (Å²) in [5.74, 6) is -0.795. The predicted octanol–water partition coefficient (Wildman–Crippen LogP) is 7.86. The molecule has 270 valence electrons. The molecule has 4 rings (SSSR count). The van der Waals surface area contributed by atoms with Crippen molar-refractivity contribution < 1.29 is 38.1 Å². The Labute approximate surface area is 308 Å². The van der Waals surface area contributed by atoms with Crippen LogP contribution in [0.3, 0.4) is 0 Å². The Kier molecular flexibility index (Phi) is 13.8. The summed E-state index contributed by atoms with van der Waals surface area (Å²) in [7, 11) is -3.53. The number of benzene rings is 4. The maximum atomic E-state index is 12.9. The lowest BCUT2D eigenvalue weighted by Crippen LogP contribution is -2.41. The lowest BCUT2D eigenvalue weighted by atomic mass is 10.0. The van der Waals surface area contributed by atoms with Crippen LogP contribution in [-0.2, 0) is 19.1 Å². The molecule has 0 heterocycles. The molecule has 0 bridgehead atoms. The quantitative estimate of drug-likeness (QED) is 0.0355. The van der Waals surface area contributed by atoms with Crippen LogP contribution in [0.2, 0.25) is 38.3 Å². The lowest BCUT2D eigenvalue weighted by molar-refractivity contribution is -0.138. The average molecular weight is 735 g/mol. The first-order chi connectivity index (χ1) is 24.8. The minimum Gasteiger partial charge on any atom is -0.463 e. The van der Waals surface area contributed by atoms with Crippen molar-refractivity contribution in [3.63, 3.8) is 0 Å². The molecular weight excluding hydrogens is 689 g/mol. The van der Waals surface area contributed by atoms with Crippen LogP contribution in [0, 0.1) is 0 Å². The van der Waals surface area contributed by atoms with Gasteiger partial charge in [-0.05, 0) is 72.5 Å². The van der Waals surface area contributed by atoms with E-state index in [1.807, 2.05) is 72.8 Å². The molecular formula is C42H46O8Si2. The maximum absolute atomic E-state index is 12.9. The van der Waals surface area contributed by atoms with Gasteiger partial charge in [0, 0.05) is 12.2 Å². The number of carbonyl (C=O) groups is 4. The van der Waals surface area contributed by atoms with Crippen LogP contribution in [0.4, 0.5) is 0 Å². The molecule has 0 atom stereocenters. The van der Waals surface area contributed by atoms with Gasteiger partial charge in [-0.2, -0.15) is 0 Å². The van der Waals surface area contributed by atoms with Crippen LogP contribution in [0.1, 0.15) is 33.6 Å². The minimum atomic E-state index is -1.76. The van der Waals surface area contributed by atoms with Crippen molar-refractivity contribution in [3.05, 3.63) is 133 Å². The van der Waals surface area contributed by atoms with Gasteiger partial charge in [0.1, 0.15) is 11.5 Å². The summed E-state index contributed by atoms with van der Waals surface area (Å²) in [6.07, 6.45) is 3.89. The van der Waals surface area contributed by atoms with Crippen LogP contribution >= 0.6 is 0 Å². The second-order valence-corrected chi connectivity index (χ2v) is 23.4. The van der Waals surface area contributed by atoms with Gasteiger partial charge in [0.05, 0.1) is 40.5 Å². The van der Waals surface area contributed by atoms with Gasteiger partial charge in [-0.15, -0.1) is 0 Å². The molecule has 4 aromatic carbocycles. The molecule has 4 aromatic rings. The molecule has 0 amide bonds. The molecule has 0 radical (unpaired) electrons. The standard InChI is InChI=1S/C42H46O8Si2/c1-7-39(43)47-27-9-29-51(3,4)37-23-19-35(20-24-37)49-41(45)33-15-11-31(12-16-33)32-13-17-34(18-14-32)42(46)50-36-21-25-38(26-22-36)52(5,6)30-10-28-48-40(44)8-2/h7-8,11-26H,1-2,9-10,27-30H2,3-6H3. The monoisotopic (exact) mass is 734 g/mol. The van der Waals surface area contributed by atoms with Gasteiger partial charge in [0.25, 0.3) is 0 Å². The maximum Gasteiger partial charge on any atom is 0.343 e. The fourth-order valence-electron chi connectivity index (χ4n) is 5.66. The largest absolute Gasteiger partial charge is 0.463 e. The second-order valence-electron chi connectivity index (χ2n) is 13.7. The van der Waals surface area contributed by atoms with Crippen molar-refractivity contribution in [2.45, 2.75) is 51.1 Å². The van der Waals surface area contributed by atoms with E-state index in [-0.39, 0.29) is 0 Å². The predicted molar refractivity (Wildman–Crippen MR) is 210 cm³/mol. The highest BCUT2D eigenvalue weighted by Gasteiger charge is 2.24. The summed E-state index contributed by atoms with van der Waals surface area (Å²) >= 11 is 0. The van der Waals surface area contributed by atoms with Crippen molar-refractivity contribution in [3.8, 4) is 22.6 Å². The SMILES string of the molecule is C=CC(=O)OCCC[Si](C)(C)c1ccc(OC(=O)c2ccc(-c3ccc(C(=O)Oc4ccc([Si](C)(C)CCCOC(=O)C=C)cc4)cc3)cc2)cc1. The Balaban J connectivity index is 1.27. The third-order valence-electron chi connectivity index (χ3n) is 8.98. The van der Waals surface area contributed by atoms with Gasteiger partial charge < -0.3 is 18.9 Å². The van der Waals surface area contributed by atoms with E-state index in [0.29, 0.717) is 35.8 Å². The Morgan fingerprint density at radius 2 is 0.846 bits per heavy atom. The third kappa shape index (κ3) is 11.3. The van der Waals surface area contributed by atoms with E-state index in [1.165, 1.54) is 22.5 Å². The van der Waals surface area contributed by atoms with E-state index in [9.17, 15) is 19.2 Å². The molecule has 0 aromatic heterocycles. The van der Waals surface area contributed by atoms with E-state index in [4.69, 9.17) is 18.9 Å². The van der Waals surface area contributed by atoms with Gasteiger partial charge in [-0.3, -0.25) is 0 Å². The molecule has 0 aliphatic heterocycles. The van der Waals surface area contributed by atoms with E-state index in [0.717, 1.165) is 36.1 Å². The second kappa shape index (κ2) is 18.2. The fourth-order valence-corrected chi connectivity index (χ4v) is 10.4. The first kappa shape index (κ1) is 39.5. The molecule has 0 fully saturated rings. The summed E-state index contributed by atoms with van der Waals surface area (Å²) in [5.41, 5.74) is 2.60. The minimum absolute atomic E-state index is 0.370. The Hall–Kier alpha value is -5.33. The zero-order chi connectivity index (χ0) is 37.7. The Bertz CT molecular complexity index is 1720. The molecule has 0 aliphatic rings. The number of hydrogen-bond acceptors (Lipinski definition) is 8. The molecule has 0 unspecified atom stereocenters. The first-order valence-corrected chi connectivity index (χ1v) is 23.7. The van der Waals surface area contributed by atoms with Crippen molar-refractivity contribution in [1.29, 1.82) is 0 Å². The number of hydrogen-bond donors (Lipinski definition) is 0. The van der Waals surface area contributed by atoms with Crippen molar-refractivity contribution in [2.75, 3.05) is 13.2 Å². The van der Waals surface area contributed by atoms with Crippen LogP contribution in [0.5, 0.6) is 11.5 Å². The van der Waals surface area contributed by atoms with Crippen LogP contribution < -0.4 is 19.8 Å². The molecule has 0 saturated heterocycles. The molecule has 8 nitrogen and oxygen atoms in total. The highest BCUT2D eigenvalue weighted by molar-refractivity contribution is 6.90. The highest BCUT2D eigenvalue weighted by atomic mass is 28.3. The van der Waals surface area contributed by atoms with E-state index >= 15 is 0 Å². The summed E-state index contributed by atoms with van der Waals surface area (Å²) in [5, 5.41) is 2.45.